The van der Waals surface area contributed by atoms with Gasteiger partial charge in [0.1, 0.15) is 0 Å². The van der Waals surface area contributed by atoms with Crippen LogP contribution in [0.1, 0.15) is 0 Å². The van der Waals surface area contributed by atoms with E-state index in [1.54, 1.807) is 0 Å². The quantitative estimate of drug-likeness (QED) is 0.213. The first-order valence-corrected chi connectivity index (χ1v) is 6.23. The van der Waals surface area contributed by atoms with Crippen LogP contribution in [0.5, 0.6) is 0 Å². The Kier molecular flexibility index (Phi) is 5.91. The Labute approximate surface area is 143 Å². The Bertz CT molecular complexity index is 474. The molecule has 0 rings (SSSR count). The van der Waals surface area contributed by atoms with Gasteiger partial charge in [0, 0.05) is 0 Å². The summed E-state index contributed by atoms with van der Waals surface area (Å²) in [6.45, 7) is 0. The van der Waals surface area contributed by atoms with E-state index in [0.29, 0.717) is 0 Å². The Hall–Kier alpha value is -0.460. The van der Waals surface area contributed by atoms with Gasteiger partial charge in [-0.25, -0.2) is 4.39 Å². The molecular formula is C8F17I. The molecule has 0 aliphatic carbocycles. The molecule has 1 atom stereocenters. The van der Waals surface area contributed by atoms with E-state index in [9.17, 15) is 74.6 Å². The predicted molar refractivity (Wildman–Crippen MR) is 54.7 cm³/mol. The standard InChI is InChI=1S/C8F17I/c9-1(10,4(15,16)7(20,21)22)2(11,12)6(19,26)3(13,14)5(17,18)8(23,24)25. The molecule has 0 N–H and O–H groups in total. The summed E-state index contributed by atoms with van der Waals surface area (Å²) < 4.78 is 205. The Morgan fingerprint density at radius 2 is 0.500 bits per heavy atom. The molecule has 158 valence electrons. The minimum absolute atomic E-state index is 1.51. The Balaban J connectivity index is 6.61. The lowest BCUT2D eigenvalue weighted by Crippen LogP contribution is -2.73. The van der Waals surface area contributed by atoms with Crippen molar-refractivity contribution < 1.29 is 74.6 Å². The van der Waals surface area contributed by atoms with E-state index >= 15 is 0 Å². The summed E-state index contributed by atoms with van der Waals surface area (Å²) in [6, 6.07) is 0. The highest BCUT2D eigenvalue weighted by atomic mass is 127. The maximum atomic E-state index is 13.4. The van der Waals surface area contributed by atoms with Crippen LogP contribution in [-0.2, 0) is 0 Å². The van der Waals surface area contributed by atoms with E-state index in [1.807, 2.05) is 0 Å². The van der Waals surface area contributed by atoms with Gasteiger partial charge < -0.3 is 0 Å². The van der Waals surface area contributed by atoms with E-state index in [-0.39, 0.29) is 0 Å². The molecule has 0 aromatic rings. The molecule has 0 bridgehead atoms. The lowest BCUT2D eigenvalue weighted by atomic mass is 9.93. The van der Waals surface area contributed by atoms with Crippen LogP contribution in [0.15, 0.2) is 0 Å². The largest absolute Gasteiger partial charge is 0.460 e. The van der Waals surface area contributed by atoms with Crippen LogP contribution < -0.4 is 0 Å². The Morgan fingerprint density at radius 1 is 0.308 bits per heavy atom. The van der Waals surface area contributed by atoms with Gasteiger partial charge >= 0.3 is 42.0 Å². The van der Waals surface area contributed by atoms with Crippen molar-refractivity contribution >= 4 is 22.6 Å². The zero-order valence-corrected chi connectivity index (χ0v) is 13.0. The number of halogens is 18. The van der Waals surface area contributed by atoms with Gasteiger partial charge in [0.15, 0.2) is 0 Å². The lowest BCUT2D eigenvalue weighted by Gasteiger charge is -2.43. The molecule has 0 radical (unpaired) electrons. The van der Waals surface area contributed by atoms with Crippen LogP contribution in [0.4, 0.5) is 74.6 Å². The first kappa shape index (κ1) is 25.5. The number of hydrogen-bond acceptors (Lipinski definition) is 0. The second-order valence-corrected chi connectivity index (χ2v) is 5.93. The van der Waals surface area contributed by atoms with Crippen LogP contribution in [0.3, 0.4) is 0 Å². The molecule has 0 saturated heterocycles. The molecule has 0 saturated carbocycles. The maximum Gasteiger partial charge on any atom is 0.460 e. The third kappa shape index (κ3) is 3.06. The van der Waals surface area contributed by atoms with Crippen molar-refractivity contribution in [3.8, 4) is 0 Å². The van der Waals surface area contributed by atoms with Gasteiger partial charge in [0.2, 0.25) is 0 Å². The average Bonchev–Trinajstić information content (AvgIpc) is 2.34. The predicted octanol–water partition coefficient (Wildman–Crippen LogP) is 6.39. The van der Waals surface area contributed by atoms with Crippen molar-refractivity contribution in [2.75, 3.05) is 0 Å². The van der Waals surface area contributed by atoms with Gasteiger partial charge in [-0.2, -0.15) is 70.2 Å². The Morgan fingerprint density at radius 3 is 0.731 bits per heavy atom. The first-order chi connectivity index (χ1) is 10.8. The highest BCUT2D eigenvalue weighted by molar-refractivity contribution is 14.1. The molecule has 0 aromatic carbocycles. The monoisotopic (exact) mass is 546 g/mol. The van der Waals surface area contributed by atoms with Gasteiger partial charge in [-0.15, -0.1) is 0 Å². The second-order valence-electron chi connectivity index (χ2n) is 4.44. The van der Waals surface area contributed by atoms with Crippen LogP contribution in [-0.4, -0.2) is 45.6 Å². The van der Waals surface area contributed by atoms with Gasteiger partial charge in [-0.05, 0) is 22.6 Å². The normalized spacial score (nSPS) is 18.7. The lowest BCUT2D eigenvalue weighted by molar-refractivity contribution is -0.430. The summed E-state index contributed by atoms with van der Waals surface area (Å²) in [5, 5.41) is 0. The molecule has 0 aromatic heterocycles. The van der Waals surface area contributed by atoms with E-state index in [0.717, 1.165) is 0 Å². The second kappa shape index (κ2) is 6.02. The summed E-state index contributed by atoms with van der Waals surface area (Å²) in [7, 11) is 0. The van der Waals surface area contributed by atoms with Crippen molar-refractivity contribution in [1.82, 2.24) is 0 Å². The summed E-state index contributed by atoms with van der Waals surface area (Å²) in [5.41, 5.74) is 0. The van der Waals surface area contributed by atoms with Crippen LogP contribution in [0, 0.1) is 0 Å². The van der Waals surface area contributed by atoms with Crippen molar-refractivity contribution in [2.45, 2.75) is 45.6 Å². The molecule has 26 heavy (non-hydrogen) atoms. The summed E-state index contributed by atoms with van der Waals surface area (Å²) in [5.74, 6) is -40.0. The molecule has 0 amide bonds. The molecule has 0 fully saturated rings. The van der Waals surface area contributed by atoms with Gasteiger partial charge in [-0.1, -0.05) is 0 Å². The summed E-state index contributed by atoms with van der Waals surface area (Å²) in [4.78, 5) is 0. The first-order valence-electron chi connectivity index (χ1n) is 5.15. The van der Waals surface area contributed by atoms with Crippen LogP contribution in [0.25, 0.3) is 0 Å². The fourth-order valence-electron chi connectivity index (χ4n) is 1.14. The summed E-state index contributed by atoms with van der Waals surface area (Å²) in [6.07, 6.45) is -15.2. The number of alkyl halides is 18. The SMILES string of the molecule is FC(F)(F)C(F)(F)C(F)(F)C(F)(F)C(F)(I)C(F)(F)C(F)(F)C(F)(F)F. The highest BCUT2D eigenvalue weighted by Gasteiger charge is 2.93. The molecule has 0 spiro atoms. The van der Waals surface area contributed by atoms with Crippen molar-refractivity contribution in [3.63, 3.8) is 0 Å². The maximum absolute atomic E-state index is 13.4. The number of hydrogen-bond donors (Lipinski definition) is 0. The van der Waals surface area contributed by atoms with Gasteiger partial charge in [0.25, 0.3) is 3.68 Å². The minimum Gasteiger partial charge on any atom is -0.218 e. The molecule has 0 heterocycles. The van der Waals surface area contributed by atoms with Crippen molar-refractivity contribution in [1.29, 1.82) is 0 Å². The topological polar surface area (TPSA) is 0 Å². The van der Waals surface area contributed by atoms with E-state index in [2.05, 4.69) is 0 Å². The van der Waals surface area contributed by atoms with Gasteiger partial charge in [0.05, 0.1) is 0 Å². The third-order valence-corrected chi connectivity index (χ3v) is 4.04. The molecule has 18 heteroatoms. The summed E-state index contributed by atoms with van der Waals surface area (Å²) >= 11 is -1.51. The van der Waals surface area contributed by atoms with E-state index in [4.69, 9.17) is 0 Å². The fourth-order valence-corrected chi connectivity index (χ4v) is 1.82. The van der Waals surface area contributed by atoms with Crippen molar-refractivity contribution in [3.05, 3.63) is 0 Å². The molecule has 0 nitrogen and oxygen atoms in total. The highest BCUT2D eigenvalue weighted by Crippen LogP contribution is 2.65. The van der Waals surface area contributed by atoms with Crippen LogP contribution in [0.2, 0.25) is 0 Å². The average molecular weight is 546 g/mol. The van der Waals surface area contributed by atoms with Crippen LogP contribution >= 0.6 is 22.6 Å². The van der Waals surface area contributed by atoms with Crippen molar-refractivity contribution in [2.24, 2.45) is 0 Å². The van der Waals surface area contributed by atoms with E-state index < -0.39 is 68.2 Å². The fraction of sp³-hybridized carbons (Fsp3) is 1.00. The minimum atomic E-state index is -8.20. The molecular weight excluding hydrogens is 546 g/mol. The third-order valence-electron chi connectivity index (χ3n) is 2.68. The molecule has 0 aliphatic rings. The zero-order chi connectivity index (χ0) is 22.0. The smallest absolute Gasteiger partial charge is 0.218 e. The molecule has 1 unspecified atom stereocenters. The zero-order valence-electron chi connectivity index (χ0n) is 10.8. The number of rotatable bonds is 5. The van der Waals surface area contributed by atoms with E-state index in [1.165, 1.54) is 0 Å². The van der Waals surface area contributed by atoms with Gasteiger partial charge in [-0.3, -0.25) is 0 Å². The molecule has 0 aliphatic heterocycles.